The van der Waals surface area contributed by atoms with Crippen molar-refractivity contribution in [2.75, 3.05) is 12.3 Å². The molecule has 1 saturated carbocycles. The van der Waals surface area contributed by atoms with E-state index in [1.165, 1.54) is 32.1 Å². The summed E-state index contributed by atoms with van der Waals surface area (Å²) in [5.74, 6) is 1.51. The van der Waals surface area contributed by atoms with Gasteiger partial charge >= 0.3 is 0 Å². The highest BCUT2D eigenvalue weighted by Crippen LogP contribution is 2.24. The van der Waals surface area contributed by atoms with Gasteiger partial charge in [-0.15, -0.1) is 0 Å². The average Bonchev–Trinajstić information content (AvgIpc) is 2.28. The topological polar surface area (TPSA) is 48.1 Å². The van der Waals surface area contributed by atoms with Gasteiger partial charge in [-0.05, 0) is 18.8 Å². The molecule has 1 aliphatic carbocycles. The van der Waals surface area contributed by atoms with Crippen molar-refractivity contribution in [2.24, 2.45) is 5.92 Å². The number of rotatable bonds is 3. The second kappa shape index (κ2) is 5.01. The number of ether oxygens (including phenoxy) is 1. The van der Waals surface area contributed by atoms with Crippen molar-refractivity contribution in [1.82, 2.24) is 4.98 Å². The first-order valence-electron chi connectivity index (χ1n) is 5.68. The first-order valence-corrected chi connectivity index (χ1v) is 5.68. The van der Waals surface area contributed by atoms with Gasteiger partial charge in [0.1, 0.15) is 5.75 Å². The standard InChI is InChI=1S/C12H18N2O/c13-11-6-12(8-14-7-11)15-9-10-4-2-1-3-5-10/h6-8,10H,1-5,9,13H2. The molecule has 0 unspecified atom stereocenters. The van der Waals surface area contributed by atoms with Gasteiger partial charge in [-0.3, -0.25) is 4.98 Å². The molecule has 0 bridgehead atoms. The third-order valence-corrected chi connectivity index (χ3v) is 2.94. The van der Waals surface area contributed by atoms with Gasteiger partial charge in [0.15, 0.2) is 0 Å². The zero-order chi connectivity index (χ0) is 10.5. The van der Waals surface area contributed by atoms with Gasteiger partial charge in [-0.1, -0.05) is 19.3 Å². The van der Waals surface area contributed by atoms with Crippen molar-refractivity contribution in [1.29, 1.82) is 0 Å². The van der Waals surface area contributed by atoms with Crippen molar-refractivity contribution in [3.8, 4) is 5.75 Å². The van der Waals surface area contributed by atoms with E-state index >= 15 is 0 Å². The summed E-state index contributed by atoms with van der Waals surface area (Å²) in [6.45, 7) is 0.811. The molecule has 0 radical (unpaired) electrons. The monoisotopic (exact) mass is 206 g/mol. The average molecular weight is 206 g/mol. The molecular formula is C12H18N2O. The van der Waals surface area contributed by atoms with Gasteiger partial charge in [0.25, 0.3) is 0 Å². The van der Waals surface area contributed by atoms with E-state index in [2.05, 4.69) is 4.98 Å². The summed E-state index contributed by atoms with van der Waals surface area (Å²) in [5.41, 5.74) is 6.29. The highest BCUT2D eigenvalue weighted by molar-refractivity contribution is 5.39. The second-order valence-corrected chi connectivity index (χ2v) is 4.27. The molecule has 82 valence electrons. The summed E-state index contributed by atoms with van der Waals surface area (Å²) >= 11 is 0. The molecule has 0 aromatic carbocycles. The highest BCUT2D eigenvalue weighted by Gasteiger charge is 2.13. The molecule has 3 heteroatoms. The molecule has 1 heterocycles. The summed E-state index contributed by atoms with van der Waals surface area (Å²) in [5, 5.41) is 0. The molecular weight excluding hydrogens is 188 g/mol. The zero-order valence-electron chi connectivity index (χ0n) is 8.98. The van der Waals surface area contributed by atoms with Crippen LogP contribution in [0.5, 0.6) is 5.75 Å². The molecule has 0 atom stereocenters. The molecule has 2 rings (SSSR count). The summed E-state index contributed by atoms with van der Waals surface area (Å²) < 4.78 is 5.68. The first kappa shape index (κ1) is 10.3. The van der Waals surface area contributed by atoms with Crippen LogP contribution in [0.4, 0.5) is 5.69 Å². The van der Waals surface area contributed by atoms with Crippen LogP contribution in [-0.4, -0.2) is 11.6 Å². The Bertz CT molecular complexity index is 308. The van der Waals surface area contributed by atoms with E-state index in [4.69, 9.17) is 10.5 Å². The van der Waals surface area contributed by atoms with E-state index in [0.717, 1.165) is 18.3 Å². The minimum Gasteiger partial charge on any atom is -0.492 e. The smallest absolute Gasteiger partial charge is 0.139 e. The third-order valence-electron chi connectivity index (χ3n) is 2.94. The fourth-order valence-electron chi connectivity index (χ4n) is 2.08. The van der Waals surface area contributed by atoms with E-state index < -0.39 is 0 Å². The van der Waals surface area contributed by atoms with E-state index in [1.54, 1.807) is 12.4 Å². The quantitative estimate of drug-likeness (QED) is 0.827. The molecule has 3 nitrogen and oxygen atoms in total. The second-order valence-electron chi connectivity index (χ2n) is 4.27. The molecule has 2 N–H and O–H groups in total. The highest BCUT2D eigenvalue weighted by atomic mass is 16.5. The van der Waals surface area contributed by atoms with Gasteiger partial charge in [0.2, 0.25) is 0 Å². The predicted molar refractivity (Wildman–Crippen MR) is 60.7 cm³/mol. The Morgan fingerprint density at radius 3 is 2.80 bits per heavy atom. The zero-order valence-corrected chi connectivity index (χ0v) is 8.98. The van der Waals surface area contributed by atoms with Crippen molar-refractivity contribution >= 4 is 5.69 Å². The summed E-state index contributed by atoms with van der Waals surface area (Å²) in [6.07, 6.45) is 10.0. The van der Waals surface area contributed by atoms with Crippen molar-refractivity contribution in [3.05, 3.63) is 18.5 Å². The van der Waals surface area contributed by atoms with Crippen LogP contribution >= 0.6 is 0 Å². The fourth-order valence-corrected chi connectivity index (χ4v) is 2.08. The minimum absolute atomic E-state index is 0.663. The van der Waals surface area contributed by atoms with E-state index in [-0.39, 0.29) is 0 Å². The third kappa shape index (κ3) is 3.11. The Hall–Kier alpha value is -1.25. The van der Waals surface area contributed by atoms with Crippen LogP contribution in [0.2, 0.25) is 0 Å². The number of nitrogens with two attached hydrogens (primary N) is 1. The molecule has 1 aromatic heterocycles. The van der Waals surface area contributed by atoms with E-state index in [0.29, 0.717) is 5.69 Å². The van der Waals surface area contributed by atoms with Gasteiger partial charge in [-0.2, -0.15) is 0 Å². The van der Waals surface area contributed by atoms with Crippen LogP contribution in [-0.2, 0) is 0 Å². The lowest BCUT2D eigenvalue weighted by molar-refractivity contribution is 0.208. The lowest BCUT2D eigenvalue weighted by Crippen LogP contribution is -2.15. The molecule has 0 amide bonds. The Morgan fingerprint density at radius 1 is 1.27 bits per heavy atom. The predicted octanol–water partition coefficient (Wildman–Crippen LogP) is 2.62. The maximum Gasteiger partial charge on any atom is 0.139 e. The van der Waals surface area contributed by atoms with E-state index in [1.807, 2.05) is 6.07 Å². The van der Waals surface area contributed by atoms with Crippen LogP contribution in [0.15, 0.2) is 18.5 Å². The van der Waals surface area contributed by atoms with Crippen molar-refractivity contribution in [2.45, 2.75) is 32.1 Å². The minimum atomic E-state index is 0.663. The molecule has 1 fully saturated rings. The Balaban J connectivity index is 1.81. The van der Waals surface area contributed by atoms with Crippen molar-refractivity contribution < 1.29 is 4.74 Å². The SMILES string of the molecule is Nc1cncc(OCC2CCCCC2)c1. The van der Waals surface area contributed by atoms with Gasteiger partial charge in [0, 0.05) is 6.07 Å². The van der Waals surface area contributed by atoms with Crippen LogP contribution < -0.4 is 10.5 Å². The van der Waals surface area contributed by atoms with Crippen LogP contribution in [0, 0.1) is 5.92 Å². The Morgan fingerprint density at radius 2 is 2.07 bits per heavy atom. The molecule has 0 spiro atoms. The molecule has 15 heavy (non-hydrogen) atoms. The Kier molecular flexibility index (Phi) is 3.43. The Labute approximate surface area is 90.7 Å². The number of anilines is 1. The molecule has 0 saturated heterocycles. The number of hydrogen-bond acceptors (Lipinski definition) is 3. The van der Waals surface area contributed by atoms with Gasteiger partial charge in [0.05, 0.1) is 24.7 Å². The van der Waals surface area contributed by atoms with Gasteiger partial charge < -0.3 is 10.5 Å². The summed E-state index contributed by atoms with van der Waals surface area (Å²) in [7, 11) is 0. The summed E-state index contributed by atoms with van der Waals surface area (Å²) in [6, 6.07) is 1.83. The van der Waals surface area contributed by atoms with Crippen molar-refractivity contribution in [3.63, 3.8) is 0 Å². The number of nitrogen functional groups attached to an aromatic ring is 1. The number of pyridine rings is 1. The van der Waals surface area contributed by atoms with Crippen LogP contribution in [0.3, 0.4) is 0 Å². The lowest BCUT2D eigenvalue weighted by Gasteiger charge is -2.21. The van der Waals surface area contributed by atoms with Gasteiger partial charge in [-0.25, -0.2) is 0 Å². The fraction of sp³-hybridized carbons (Fsp3) is 0.583. The first-order chi connectivity index (χ1) is 7.34. The molecule has 0 aliphatic heterocycles. The molecule has 1 aromatic rings. The van der Waals surface area contributed by atoms with E-state index in [9.17, 15) is 0 Å². The van der Waals surface area contributed by atoms with Crippen LogP contribution in [0.1, 0.15) is 32.1 Å². The normalized spacial score (nSPS) is 17.6. The molecule has 1 aliphatic rings. The lowest BCUT2D eigenvalue weighted by atomic mass is 9.90. The number of hydrogen-bond donors (Lipinski definition) is 1. The number of aromatic nitrogens is 1. The summed E-state index contributed by atoms with van der Waals surface area (Å²) in [4.78, 5) is 4.00. The maximum absolute atomic E-state index is 5.68. The largest absolute Gasteiger partial charge is 0.492 e. The maximum atomic E-state index is 5.68. The van der Waals surface area contributed by atoms with Crippen LogP contribution in [0.25, 0.3) is 0 Å². The number of nitrogens with zero attached hydrogens (tertiary/aromatic N) is 1.